The van der Waals surface area contributed by atoms with Crippen LogP contribution in [0.2, 0.25) is 0 Å². The Kier molecular flexibility index (Phi) is 3.64. The number of carbonyl (C=O) groups is 1. The number of likely N-dealkylation sites (tertiary alicyclic amines) is 1. The molecule has 19 heavy (non-hydrogen) atoms. The number of hydrogen-bond acceptors (Lipinski definition) is 3. The summed E-state index contributed by atoms with van der Waals surface area (Å²) in [6.07, 6.45) is 2.93. The second-order valence-electron chi connectivity index (χ2n) is 5.79. The van der Waals surface area contributed by atoms with Crippen molar-refractivity contribution < 1.29 is 9.53 Å². The van der Waals surface area contributed by atoms with Crippen molar-refractivity contribution >= 4 is 6.09 Å². The highest BCUT2D eigenvalue weighted by Gasteiger charge is 2.34. The van der Waals surface area contributed by atoms with E-state index in [1.54, 1.807) is 23.2 Å². The molecule has 5 heteroatoms. The summed E-state index contributed by atoms with van der Waals surface area (Å²) in [6, 6.07) is 3.37. The molecule has 1 aromatic rings. The SMILES string of the molecule is CC(C)(C)OC(=O)N1CCCC1c1ccc[nH]c1=O. The van der Waals surface area contributed by atoms with Crippen molar-refractivity contribution in [3.63, 3.8) is 0 Å². The van der Waals surface area contributed by atoms with Crippen LogP contribution in [0.25, 0.3) is 0 Å². The zero-order valence-electron chi connectivity index (χ0n) is 11.6. The summed E-state index contributed by atoms with van der Waals surface area (Å²) >= 11 is 0. The molecule has 1 aliphatic heterocycles. The van der Waals surface area contributed by atoms with E-state index in [0.717, 1.165) is 12.8 Å². The van der Waals surface area contributed by atoms with Crippen molar-refractivity contribution in [2.24, 2.45) is 0 Å². The fraction of sp³-hybridized carbons (Fsp3) is 0.571. The fourth-order valence-electron chi connectivity index (χ4n) is 2.33. The van der Waals surface area contributed by atoms with Gasteiger partial charge in [-0.1, -0.05) is 0 Å². The molecule has 0 saturated carbocycles. The van der Waals surface area contributed by atoms with Crippen LogP contribution in [0.5, 0.6) is 0 Å². The molecule has 1 amide bonds. The summed E-state index contributed by atoms with van der Waals surface area (Å²) in [5.41, 5.74) is -0.0262. The van der Waals surface area contributed by atoms with Gasteiger partial charge in [-0.25, -0.2) is 4.79 Å². The number of amides is 1. The van der Waals surface area contributed by atoms with E-state index in [-0.39, 0.29) is 17.7 Å². The molecule has 2 rings (SSSR count). The van der Waals surface area contributed by atoms with Crippen molar-refractivity contribution in [3.05, 3.63) is 34.2 Å². The van der Waals surface area contributed by atoms with E-state index >= 15 is 0 Å². The first-order valence-corrected chi connectivity index (χ1v) is 6.56. The summed E-state index contributed by atoms with van der Waals surface area (Å²) in [5.74, 6) is 0. The van der Waals surface area contributed by atoms with Crippen LogP contribution in [0.3, 0.4) is 0 Å². The number of carbonyl (C=O) groups excluding carboxylic acids is 1. The number of aromatic nitrogens is 1. The molecule has 104 valence electrons. The van der Waals surface area contributed by atoms with Crippen LogP contribution in [-0.2, 0) is 4.74 Å². The van der Waals surface area contributed by atoms with E-state index in [9.17, 15) is 9.59 Å². The van der Waals surface area contributed by atoms with Gasteiger partial charge in [0.2, 0.25) is 0 Å². The first-order chi connectivity index (χ1) is 8.88. The molecule has 1 aromatic heterocycles. The Bertz CT molecular complexity index is 516. The van der Waals surface area contributed by atoms with Gasteiger partial charge in [-0.2, -0.15) is 0 Å². The predicted octanol–water partition coefficient (Wildman–Crippen LogP) is 2.45. The van der Waals surface area contributed by atoms with Gasteiger partial charge in [0.25, 0.3) is 5.56 Å². The molecule has 1 atom stereocenters. The van der Waals surface area contributed by atoms with Gasteiger partial charge in [0, 0.05) is 18.3 Å². The standard InChI is InChI=1S/C14H20N2O3/c1-14(2,3)19-13(18)16-9-5-7-11(16)10-6-4-8-15-12(10)17/h4,6,8,11H,5,7,9H2,1-3H3,(H,15,17). The van der Waals surface area contributed by atoms with Crippen molar-refractivity contribution in [1.82, 2.24) is 9.88 Å². The summed E-state index contributed by atoms with van der Waals surface area (Å²) in [5, 5.41) is 0. The van der Waals surface area contributed by atoms with E-state index < -0.39 is 5.60 Å². The van der Waals surface area contributed by atoms with Crippen LogP contribution in [0, 0.1) is 0 Å². The van der Waals surface area contributed by atoms with Gasteiger partial charge in [0.05, 0.1) is 6.04 Å². The van der Waals surface area contributed by atoms with E-state index in [1.165, 1.54) is 0 Å². The lowest BCUT2D eigenvalue weighted by atomic mass is 10.1. The number of nitrogens with zero attached hydrogens (tertiary/aromatic N) is 1. The molecule has 1 N–H and O–H groups in total. The molecular formula is C14H20N2O3. The average Bonchev–Trinajstić information content (AvgIpc) is 2.76. The maximum Gasteiger partial charge on any atom is 0.410 e. The molecule has 0 aromatic carbocycles. The maximum atomic E-state index is 12.1. The highest BCUT2D eigenvalue weighted by Crippen LogP contribution is 2.31. The zero-order valence-corrected chi connectivity index (χ0v) is 11.6. The van der Waals surface area contributed by atoms with Crippen LogP contribution < -0.4 is 5.56 Å². The molecule has 1 aliphatic rings. The molecule has 0 bridgehead atoms. The number of rotatable bonds is 1. The monoisotopic (exact) mass is 264 g/mol. The van der Waals surface area contributed by atoms with E-state index in [0.29, 0.717) is 12.1 Å². The Morgan fingerprint density at radius 3 is 2.84 bits per heavy atom. The summed E-state index contributed by atoms with van der Waals surface area (Å²) < 4.78 is 5.39. The third-order valence-electron chi connectivity index (χ3n) is 3.09. The number of aromatic amines is 1. The van der Waals surface area contributed by atoms with E-state index in [1.807, 2.05) is 20.8 Å². The van der Waals surface area contributed by atoms with Gasteiger partial charge < -0.3 is 14.6 Å². The van der Waals surface area contributed by atoms with Gasteiger partial charge in [-0.15, -0.1) is 0 Å². The molecule has 1 fully saturated rings. The predicted molar refractivity (Wildman–Crippen MR) is 72.0 cm³/mol. The number of hydrogen-bond donors (Lipinski definition) is 1. The lowest BCUT2D eigenvalue weighted by Crippen LogP contribution is -2.37. The number of H-pyrrole nitrogens is 1. The Hall–Kier alpha value is -1.78. The van der Waals surface area contributed by atoms with Crippen LogP contribution >= 0.6 is 0 Å². The molecule has 0 aliphatic carbocycles. The minimum Gasteiger partial charge on any atom is -0.444 e. The minimum atomic E-state index is -0.521. The van der Waals surface area contributed by atoms with Crippen LogP contribution in [0.15, 0.2) is 23.1 Å². The van der Waals surface area contributed by atoms with Crippen molar-refractivity contribution in [1.29, 1.82) is 0 Å². The first-order valence-electron chi connectivity index (χ1n) is 6.56. The first kappa shape index (κ1) is 13.6. The Morgan fingerprint density at radius 1 is 1.47 bits per heavy atom. The Balaban J connectivity index is 2.20. The van der Waals surface area contributed by atoms with Gasteiger partial charge in [-0.3, -0.25) is 4.79 Å². The summed E-state index contributed by atoms with van der Waals surface area (Å²) in [7, 11) is 0. The quantitative estimate of drug-likeness (QED) is 0.847. The van der Waals surface area contributed by atoms with Gasteiger partial charge in [0.15, 0.2) is 0 Å². The maximum absolute atomic E-state index is 12.1. The summed E-state index contributed by atoms with van der Waals surface area (Å²) in [6.45, 7) is 6.15. The number of ether oxygens (including phenoxy) is 1. The normalized spacial score (nSPS) is 19.5. The molecule has 2 heterocycles. The highest BCUT2D eigenvalue weighted by atomic mass is 16.6. The number of pyridine rings is 1. The highest BCUT2D eigenvalue weighted by molar-refractivity contribution is 5.69. The van der Waals surface area contributed by atoms with Gasteiger partial charge >= 0.3 is 6.09 Å². The fourth-order valence-corrected chi connectivity index (χ4v) is 2.33. The van der Waals surface area contributed by atoms with Crippen LogP contribution in [0.1, 0.15) is 45.2 Å². The van der Waals surface area contributed by atoms with Crippen molar-refractivity contribution in [2.45, 2.75) is 45.3 Å². The van der Waals surface area contributed by atoms with Crippen LogP contribution in [0.4, 0.5) is 4.79 Å². The molecule has 1 unspecified atom stereocenters. The largest absolute Gasteiger partial charge is 0.444 e. The smallest absolute Gasteiger partial charge is 0.410 e. The second kappa shape index (κ2) is 5.07. The van der Waals surface area contributed by atoms with Crippen LogP contribution in [-0.4, -0.2) is 28.1 Å². The third-order valence-corrected chi connectivity index (χ3v) is 3.09. The lowest BCUT2D eigenvalue weighted by molar-refractivity contribution is 0.0223. The van der Waals surface area contributed by atoms with E-state index in [4.69, 9.17) is 4.74 Å². The molecule has 1 saturated heterocycles. The summed E-state index contributed by atoms with van der Waals surface area (Å²) in [4.78, 5) is 28.3. The Morgan fingerprint density at radius 2 is 2.21 bits per heavy atom. The lowest BCUT2D eigenvalue weighted by Gasteiger charge is -2.28. The molecule has 0 spiro atoms. The molecular weight excluding hydrogens is 244 g/mol. The minimum absolute atomic E-state index is 0.136. The number of nitrogens with one attached hydrogen (secondary N) is 1. The van der Waals surface area contributed by atoms with Crippen molar-refractivity contribution in [2.75, 3.05) is 6.54 Å². The average molecular weight is 264 g/mol. The van der Waals surface area contributed by atoms with Crippen molar-refractivity contribution in [3.8, 4) is 0 Å². The van der Waals surface area contributed by atoms with Gasteiger partial charge in [-0.05, 0) is 45.7 Å². The van der Waals surface area contributed by atoms with E-state index in [2.05, 4.69) is 4.98 Å². The molecule has 5 nitrogen and oxygen atoms in total. The van der Waals surface area contributed by atoms with Gasteiger partial charge in [0.1, 0.15) is 5.60 Å². The zero-order chi connectivity index (χ0) is 14.0. The topological polar surface area (TPSA) is 62.4 Å². The molecule has 0 radical (unpaired) electrons. The Labute approximate surface area is 112 Å². The third kappa shape index (κ3) is 3.16. The second-order valence-corrected chi connectivity index (χ2v) is 5.79.